The zero-order valence-electron chi connectivity index (χ0n) is 10.1. The van der Waals surface area contributed by atoms with Gasteiger partial charge in [0.1, 0.15) is 5.76 Å². The molecule has 1 aromatic rings. The van der Waals surface area contributed by atoms with Crippen molar-refractivity contribution in [2.24, 2.45) is 5.92 Å². The summed E-state index contributed by atoms with van der Waals surface area (Å²) in [6, 6.07) is 1.40. The lowest BCUT2D eigenvalue weighted by molar-refractivity contribution is -0.140. The standard InChI is InChI=1S/C13H15NO4/c1-2-11-10(5-6-18-11)12(15)14-9-4-3-8(7-9)13(16)17/h3-6,8-9H,2,7H2,1H3,(H,14,15)(H,16,17). The van der Waals surface area contributed by atoms with Crippen LogP contribution in [0.2, 0.25) is 0 Å². The van der Waals surface area contributed by atoms with E-state index in [0.29, 0.717) is 24.2 Å². The first-order chi connectivity index (χ1) is 8.61. The van der Waals surface area contributed by atoms with Crippen molar-refractivity contribution in [3.05, 3.63) is 35.8 Å². The Bertz CT molecular complexity index is 489. The van der Waals surface area contributed by atoms with E-state index >= 15 is 0 Å². The molecular weight excluding hydrogens is 234 g/mol. The molecule has 0 saturated heterocycles. The molecule has 0 bridgehead atoms. The Morgan fingerprint density at radius 1 is 1.50 bits per heavy atom. The van der Waals surface area contributed by atoms with Gasteiger partial charge in [0.2, 0.25) is 0 Å². The number of carbonyl (C=O) groups is 2. The number of furan rings is 1. The summed E-state index contributed by atoms with van der Waals surface area (Å²) < 4.78 is 5.19. The molecule has 5 heteroatoms. The number of hydrogen-bond donors (Lipinski definition) is 2. The summed E-state index contributed by atoms with van der Waals surface area (Å²) in [5, 5.41) is 11.6. The predicted octanol–water partition coefficient (Wildman–Crippen LogP) is 1.60. The third kappa shape index (κ3) is 2.45. The van der Waals surface area contributed by atoms with Gasteiger partial charge in [-0.25, -0.2) is 0 Å². The number of carboxylic acids is 1. The number of carboxylic acid groups (broad SMARTS) is 1. The van der Waals surface area contributed by atoms with Crippen LogP contribution in [0.25, 0.3) is 0 Å². The highest BCUT2D eigenvalue weighted by Gasteiger charge is 2.26. The molecule has 0 saturated carbocycles. The first-order valence-electron chi connectivity index (χ1n) is 5.90. The topological polar surface area (TPSA) is 79.5 Å². The van der Waals surface area contributed by atoms with Gasteiger partial charge in [0, 0.05) is 12.5 Å². The van der Waals surface area contributed by atoms with Crippen LogP contribution in [0.3, 0.4) is 0 Å². The van der Waals surface area contributed by atoms with E-state index in [2.05, 4.69) is 5.32 Å². The summed E-state index contributed by atoms with van der Waals surface area (Å²) in [5.41, 5.74) is 0.518. The minimum absolute atomic E-state index is 0.221. The first-order valence-corrected chi connectivity index (χ1v) is 5.90. The maximum atomic E-state index is 12.0. The molecule has 1 aliphatic rings. The quantitative estimate of drug-likeness (QED) is 0.794. The van der Waals surface area contributed by atoms with Crippen LogP contribution in [0.5, 0.6) is 0 Å². The molecule has 1 aliphatic carbocycles. The van der Waals surface area contributed by atoms with Crippen molar-refractivity contribution in [3.63, 3.8) is 0 Å². The summed E-state index contributed by atoms with van der Waals surface area (Å²) in [7, 11) is 0. The lowest BCUT2D eigenvalue weighted by Crippen LogP contribution is -2.33. The van der Waals surface area contributed by atoms with Gasteiger partial charge in [-0.2, -0.15) is 0 Å². The molecular formula is C13H15NO4. The van der Waals surface area contributed by atoms with Gasteiger partial charge in [-0.1, -0.05) is 19.1 Å². The zero-order valence-corrected chi connectivity index (χ0v) is 10.1. The van der Waals surface area contributed by atoms with E-state index in [1.807, 2.05) is 6.92 Å². The number of aryl methyl sites for hydroxylation is 1. The van der Waals surface area contributed by atoms with Gasteiger partial charge in [-0.15, -0.1) is 0 Å². The SMILES string of the molecule is CCc1occc1C(=O)NC1C=CC(C(=O)O)C1. The molecule has 0 radical (unpaired) electrons. The first kappa shape index (κ1) is 12.4. The van der Waals surface area contributed by atoms with Gasteiger partial charge in [0.15, 0.2) is 0 Å². The van der Waals surface area contributed by atoms with Crippen LogP contribution in [0, 0.1) is 5.92 Å². The van der Waals surface area contributed by atoms with Crippen molar-refractivity contribution in [1.82, 2.24) is 5.32 Å². The second kappa shape index (κ2) is 5.08. The maximum Gasteiger partial charge on any atom is 0.310 e. The van der Waals surface area contributed by atoms with Crippen LogP contribution in [-0.2, 0) is 11.2 Å². The Kier molecular flexibility index (Phi) is 3.50. The zero-order chi connectivity index (χ0) is 13.1. The number of amides is 1. The van der Waals surface area contributed by atoms with Crippen molar-refractivity contribution in [2.75, 3.05) is 0 Å². The number of rotatable bonds is 4. The van der Waals surface area contributed by atoms with E-state index in [1.165, 1.54) is 6.26 Å². The fourth-order valence-electron chi connectivity index (χ4n) is 2.05. The van der Waals surface area contributed by atoms with E-state index in [9.17, 15) is 9.59 Å². The molecule has 2 unspecified atom stereocenters. The van der Waals surface area contributed by atoms with E-state index < -0.39 is 11.9 Å². The predicted molar refractivity (Wildman–Crippen MR) is 64.2 cm³/mol. The average Bonchev–Trinajstić information content (AvgIpc) is 2.96. The Labute approximate surface area is 104 Å². The highest BCUT2D eigenvalue weighted by atomic mass is 16.4. The molecule has 96 valence electrons. The molecule has 0 aromatic carbocycles. The van der Waals surface area contributed by atoms with Crippen LogP contribution in [0.4, 0.5) is 0 Å². The van der Waals surface area contributed by atoms with Gasteiger partial charge in [0.05, 0.1) is 17.7 Å². The molecule has 2 atom stereocenters. The van der Waals surface area contributed by atoms with Crippen molar-refractivity contribution in [2.45, 2.75) is 25.8 Å². The number of nitrogens with one attached hydrogen (secondary N) is 1. The highest BCUT2D eigenvalue weighted by molar-refractivity contribution is 5.95. The molecule has 0 spiro atoms. The summed E-state index contributed by atoms with van der Waals surface area (Å²) in [6.45, 7) is 1.91. The minimum Gasteiger partial charge on any atom is -0.481 e. The third-order valence-corrected chi connectivity index (χ3v) is 3.03. The lowest BCUT2D eigenvalue weighted by atomic mass is 10.1. The van der Waals surface area contributed by atoms with E-state index in [0.717, 1.165) is 0 Å². The molecule has 1 aromatic heterocycles. The summed E-state index contributed by atoms with van der Waals surface area (Å²) >= 11 is 0. The second-order valence-corrected chi connectivity index (χ2v) is 4.26. The van der Waals surface area contributed by atoms with Crippen LogP contribution in [-0.4, -0.2) is 23.0 Å². The molecule has 5 nitrogen and oxygen atoms in total. The van der Waals surface area contributed by atoms with Gasteiger partial charge >= 0.3 is 5.97 Å². The molecule has 0 fully saturated rings. The van der Waals surface area contributed by atoms with Crippen LogP contribution < -0.4 is 5.32 Å². The Hall–Kier alpha value is -2.04. The van der Waals surface area contributed by atoms with Crippen molar-refractivity contribution in [3.8, 4) is 0 Å². The van der Waals surface area contributed by atoms with Crippen molar-refractivity contribution >= 4 is 11.9 Å². The normalized spacial score (nSPS) is 22.1. The largest absolute Gasteiger partial charge is 0.481 e. The molecule has 0 aliphatic heterocycles. The average molecular weight is 249 g/mol. The Morgan fingerprint density at radius 2 is 2.28 bits per heavy atom. The fraction of sp³-hybridized carbons (Fsp3) is 0.385. The van der Waals surface area contributed by atoms with Crippen molar-refractivity contribution in [1.29, 1.82) is 0 Å². The van der Waals surface area contributed by atoms with Gasteiger partial charge in [0.25, 0.3) is 5.91 Å². The molecule has 1 heterocycles. The Balaban J connectivity index is 1.98. The molecule has 2 rings (SSSR count). The van der Waals surface area contributed by atoms with Crippen molar-refractivity contribution < 1.29 is 19.1 Å². The number of aliphatic carboxylic acids is 1. The summed E-state index contributed by atoms with van der Waals surface area (Å²) in [5.74, 6) is -0.948. The number of hydrogen-bond acceptors (Lipinski definition) is 3. The molecule has 1 amide bonds. The Morgan fingerprint density at radius 3 is 2.89 bits per heavy atom. The van der Waals surface area contributed by atoms with E-state index in [1.54, 1.807) is 18.2 Å². The minimum atomic E-state index is -0.861. The van der Waals surface area contributed by atoms with Gasteiger partial charge in [-0.05, 0) is 12.5 Å². The van der Waals surface area contributed by atoms with Gasteiger partial charge in [-0.3, -0.25) is 9.59 Å². The monoisotopic (exact) mass is 249 g/mol. The van der Waals surface area contributed by atoms with Crippen LogP contribution >= 0.6 is 0 Å². The molecule has 2 N–H and O–H groups in total. The second-order valence-electron chi connectivity index (χ2n) is 4.26. The fourth-order valence-corrected chi connectivity index (χ4v) is 2.05. The van der Waals surface area contributed by atoms with Crippen LogP contribution in [0.1, 0.15) is 29.5 Å². The lowest BCUT2D eigenvalue weighted by Gasteiger charge is -2.11. The van der Waals surface area contributed by atoms with Gasteiger partial charge < -0.3 is 14.8 Å². The summed E-state index contributed by atoms with van der Waals surface area (Å²) in [6.07, 6.45) is 5.87. The van der Waals surface area contributed by atoms with E-state index in [4.69, 9.17) is 9.52 Å². The van der Waals surface area contributed by atoms with Crippen LogP contribution in [0.15, 0.2) is 28.9 Å². The summed E-state index contributed by atoms with van der Waals surface area (Å²) in [4.78, 5) is 22.7. The molecule has 18 heavy (non-hydrogen) atoms. The highest BCUT2D eigenvalue weighted by Crippen LogP contribution is 2.19. The van der Waals surface area contributed by atoms with E-state index in [-0.39, 0.29) is 11.9 Å². The maximum absolute atomic E-state index is 12.0. The number of carbonyl (C=O) groups excluding carboxylic acids is 1. The smallest absolute Gasteiger partial charge is 0.310 e. The third-order valence-electron chi connectivity index (χ3n) is 3.03.